The Morgan fingerprint density at radius 3 is 2.65 bits per heavy atom. The number of benzene rings is 1. The largest absolute Gasteiger partial charge is 0.397 e. The summed E-state index contributed by atoms with van der Waals surface area (Å²) in [4.78, 5) is 16.7. The van der Waals surface area contributed by atoms with Gasteiger partial charge in [-0.25, -0.2) is 0 Å². The summed E-state index contributed by atoms with van der Waals surface area (Å²) in [5, 5.41) is 0. The fraction of sp³-hybridized carbons (Fsp3) is 0.312. The lowest BCUT2D eigenvalue weighted by atomic mass is 10.1. The van der Waals surface area contributed by atoms with Crippen molar-refractivity contribution in [2.24, 2.45) is 0 Å². The van der Waals surface area contributed by atoms with Gasteiger partial charge in [-0.2, -0.15) is 0 Å². The summed E-state index contributed by atoms with van der Waals surface area (Å²) in [6, 6.07) is 12.1. The number of unbranched alkanes of at least 4 members (excludes halogenated alkanes) is 1. The maximum Gasteiger partial charge on any atom is 0.270 e. The minimum absolute atomic E-state index is 0.0126. The number of nitrogens with two attached hydrogens (primary N) is 1. The highest BCUT2D eigenvalue weighted by molar-refractivity contribution is 5.93. The third kappa shape index (κ3) is 3.88. The molecular formula is C16H21N3O. The first-order valence-electron chi connectivity index (χ1n) is 6.90. The van der Waals surface area contributed by atoms with Crippen LogP contribution in [0.1, 0.15) is 28.9 Å². The number of rotatable bonds is 6. The molecule has 2 aromatic rings. The van der Waals surface area contributed by atoms with Crippen LogP contribution in [0.15, 0.2) is 42.6 Å². The van der Waals surface area contributed by atoms with Gasteiger partial charge in [0.1, 0.15) is 5.69 Å². The quantitative estimate of drug-likeness (QED) is 0.793. The van der Waals surface area contributed by atoms with E-state index in [1.807, 2.05) is 13.1 Å². The number of carbonyl (C=O) groups excluding carboxylic acids is 1. The van der Waals surface area contributed by atoms with E-state index in [2.05, 4.69) is 29.2 Å². The molecular weight excluding hydrogens is 250 g/mol. The molecule has 0 aliphatic heterocycles. The van der Waals surface area contributed by atoms with E-state index in [-0.39, 0.29) is 5.91 Å². The minimum atomic E-state index is -0.0126. The second kappa shape index (κ2) is 6.80. The lowest BCUT2D eigenvalue weighted by Gasteiger charge is -2.16. The predicted molar refractivity (Wildman–Crippen MR) is 81.5 cm³/mol. The topological polar surface area (TPSA) is 62.1 Å². The van der Waals surface area contributed by atoms with Crippen molar-refractivity contribution < 1.29 is 4.79 Å². The number of aromatic nitrogens is 1. The van der Waals surface area contributed by atoms with Gasteiger partial charge >= 0.3 is 0 Å². The zero-order valence-corrected chi connectivity index (χ0v) is 11.8. The van der Waals surface area contributed by atoms with Crippen molar-refractivity contribution >= 4 is 11.6 Å². The molecule has 0 bridgehead atoms. The molecule has 0 fully saturated rings. The van der Waals surface area contributed by atoms with Gasteiger partial charge in [-0.05, 0) is 30.9 Å². The van der Waals surface area contributed by atoms with Crippen LogP contribution in [0.3, 0.4) is 0 Å². The number of anilines is 1. The Morgan fingerprint density at radius 1 is 1.25 bits per heavy atom. The highest BCUT2D eigenvalue weighted by Crippen LogP contribution is 2.09. The van der Waals surface area contributed by atoms with Crippen LogP contribution in [-0.2, 0) is 6.42 Å². The Kier molecular flexibility index (Phi) is 4.82. The highest BCUT2D eigenvalue weighted by atomic mass is 16.2. The summed E-state index contributed by atoms with van der Waals surface area (Å²) in [6.07, 6.45) is 4.76. The van der Waals surface area contributed by atoms with E-state index in [4.69, 9.17) is 5.73 Å². The van der Waals surface area contributed by atoms with Crippen LogP contribution in [-0.4, -0.2) is 29.4 Å². The molecule has 1 aromatic heterocycles. The van der Waals surface area contributed by atoms with E-state index in [9.17, 15) is 4.79 Å². The molecule has 0 saturated carbocycles. The van der Waals surface area contributed by atoms with Gasteiger partial charge in [-0.1, -0.05) is 30.3 Å². The summed E-state index contributed by atoms with van der Waals surface area (Å²) in [5.41, 5.74) is 8.08. The molecule has 0 aliphatic carbocycles. The van der Waals surface area contributed by atoms with E-state index in [0.29, 0.717) is 11.4 Å². The predicted octanol–water partition coefficient (Wildman–Crippen LogP) is 2.69. The second-order valence-electron chi connectivity index (χ2n) is 5.02. The van der Waals surface area contributed by atoms with E-state index in [1.54, 1.807) is 17.2 Å². The first-order valence-corrected chi connectivity index (χ1v) is 6.90. The third-order valence-electron chi connectivity index (χ3n) is 3.33. The van der Waals surface area contributed by atoms with Crippen molar-refractivity contribution in [2.45, 2.75) is 19.3 Å². The second-order valence-corrected chi connectivity index (χ2v) is 5.02. The number of nitrogen functional groups attached to an aromatic ring is 1. The first-order chi connectivity index (χ1) is 9.66. The molecule has 0 atom stereocenters. The monoisotopic (exact) mass is 271 g/mol. The SMILES string of the molecule is CN(CCCCc1ccccc1)C(=O)c1cc(N)c[nH]1. The van der Waals surface area contributed by atoms with E-state index in [1.165, 1.54) is 5.56 Å². The van der Waals surface area contributed by atoms with E-state index >= 15 is 0 Å². The minimum Gasteiger partial charge on any atom is -0.397 e. The molecule has 0 unspecified atom stereocenters. The number of carbonyl (C=O) groups is 1. The molecule has 0 aliphatic rings. The van der Waals surface area contributed by atoms with Crippen molar-refractivity contribution in [3.8, 4) is 0 Å². The van der Waals surface area contributed by atoms with Gasteiger partial charge in [0.25, 0.3) is 5.91 Å². The number of nitrogens with one attached hydrogen (secondary N) is 1. The Morgan fingerprint density at radius 2 is 2.00 bits per heavy atom. The van der Waals surface area contributed by atoms with Crippen LogP contribution < -0.4 is 5.73 Å². The number of aryl methyl sites for hydroxylation is 1. The van der Waals surface area contributed by atoms with Crippen molar-refractivity contribution in [3.63, 3.8) is 0 Å². The third-order valence-corrected chi connectivity index (χ3v) is 3.33. The Hall–Kier alpha value is -2.23. The number of amides is 1. The summed E-state index contributed by atoms with van der Waals surface area (Å²) in [5.74, 6) is -0.0126. The summed E-state index contributed by atoms with van der Waals surface area (Å²) in [7, 11) is 1.82. The standard InChI is InChI=1S/C16H21N3O/c1-19(16(20)15-11-14(17)12-18-15)10-6-5-9-13-7-3-2-4-8-13/h2-4,7-8,11-12,18H,5-6,9-10,17H2,1H3. The Balaban J connectivity index is 1.72. The van der Waals surface area contributed by atoms with Crippen LogP contribution in [0.4, 0.5) is 5.69 Å². The lowest BCUT2D eigenvalue weighted by molar-refractivity contribution is 0.0788. The summed E-state index contributed by atoms with van der Waals surface area (Å²) in [6.45, 7) is 0.755. The lowest BCUT2D eigenvalue weighted by Crippen LogP contribution is -2.28. The number of nitrogens with zero attached hydrogens (tertiary/aromatic N) is 1. The van der Waals surface area contributed by atoms with Crippen LogP contribution in [0.5, 0.6) is 0 Å². The van der Waals surface area contributed by atoms with E-state index < -0.39 is 0 Å². The van der Waals surface area contributed by atoms with Gasteiger partial charge in [0.05, 0.1) is 0 Å². The molecule has 20 heavy (non-hydrogen) atoms. The number of aromatic amines is 1. The molecule has 1 amide bonds. The van der Waals surface area contributed by atoms with Gasteiger partial charge in [0, 0.05) is 25.5 Å². The molecule has 4 nitrogen and oxygen atoms in total. The fourth-order valence-corrected chi connectivity index (χ4v) is 2.16. The fourth-order valence-electron chi connectivity index (χ4n) is 2.16. The number of hydrogen-bond acceptors (Lipinski definition) is 2. The number of H-pyrrole nitrogens is 1. The smallest absolute Gasteiger partial charge is 0.270 e. The van der Waals surface area contributed by atoms with Gasteiger partial charge in [0.2, 0.25) is 0 Å². The Bertz CT molecular complexity index is 548. The van der Waals surface area contributed by atoms with Gasteiger partial charge in [-0.15, -0.1) is 0 Å². The van der Waals surface area contributed by atoms with Gasteiger partial charge < -0.3 is 15.6 Å². The zero-order valence-electron chi connectivity index (χ0n) is 11.8. The zero-order chi connectivity index (χ0) is 14.4. The van der Waals surface area contributed by atoms with Crippen LogP contribution >= 0.6 is 0 Å². The molecule has 1 aromatic carbocycles. The highest BCUT2D eigenvalue weighted by Gasteiger charge is 2.12. The Labute approximate surface area is 119 Å². The molecule has 0 saturated heterocycles. The molecule has 4 heteroatoms. The molecule has 0 spiro atoms. The van der Waals surface area contributed by atoms with Gasteiger partial charge in [-0.3, -0.25) is 4.79 Å². The summed E-state index contributed by atoms with van der Waals surface area (Å²) >= 11 is 0. The molecule has 0 radical (unpaired) electrons. The summed E-state index contributed by atoms with van der Waals surface area (Å²) < 4.78 is 0. The first kappa shape index (κ1) is 14.2. The van der Waals surface area contributed by atoms with Crippen LogP contribution in [0, 0.1) is 0 Å². The molecule has 106 valence electrons. The average Bonchev–Trinajstić information content (AvgIpc) is 2.90. The number of hydrogen-bond donors (Lipinski definition) is 2. The van der Waals surface area contributed by atoms with Crippen molar-refractivity contribution in [2.75, 3.05) is 19.3 Å². The maximum atomic E-state index is 12.1. The van der Waals surface area contributed by atoms with Crippen molar-refractivity contribution in [3.05, 3.63) is 53.9 Å². The molecule has 3 N–H and O–H groups in total. The molecule has 1 heterocycles. The van der Waals surface area contributed by atoms with Crippen molar-refractivity contribution in [1.82, 2.24) is 9.88 Å². The molecule has 2 rings (SSSR count). The van der Waals surface area contributed by atoms with Crippen LogP contribution in [0.2, 0.25) is 0 Å². The van der Waals surface area contributed by atoms with Gasteiger partial charge in [0.15, 0.2) is 0 Å². The maximum absolute atomic E-state index is 12.1. The normalized spacial score (nSPS) is 10.4. The van der Waals surface area contributed by atoms with Crippen molar-refractivity contribution in [1.29, 1.82) is 0 Å². The van der Waals surface area contributed by atoms with E-state index in [0.717, 1.165) is 25.8 Å². The average molecular weight is 271 g/mol. The van der Waals surface area contributed by atoms with Crippen LogP contribution in [0.25, 0.3) is 0 Å².